The Bertz CT molecular complexity index is 240. The number of unbranched alkanes of at least 4 members (excludes halogenated alkanes) is 4. The monoisotopic (exact) mass is 274 g/mol. The van der Waals surface area contributed by atoms with Crippen molar-refractivity contribution in [3.05, 3.63) is 0 Å². The van der Waals surface area contributed by atoms with E-state index in [2.05, 4.69) is 4.74 Å². The highest BCUT2D eigenvalue weighted by Gasteiger charge is 2.03. The lowest BCUT2D eigenvalue weighted by molar-refractivity contribution is -0.144. The van der Waals surface area contributed by atoms with Gasteiger partial charge in [0.15, 0.2) is 0 Å². The van der Waals surface area contributed by atoms with Gasteiger partial charge in [-0.25, -0.2) is 0 Å². The van der Waals surface area contributed by atoms with Crippen molar-refractivity contribution < 1.29 is 23.8 Å². The van der Waals surface area contributed by atoms with Crippen LogP contribution in [0.4, 0.5) is 0 Å². The normalized spacial score (nSPS) is 10.2. The molecule has 0 rings (SSSR count). The lowest BCUT2D eigenvalue weighted by atomic mass is 10.2. The van der Waals surface area contributed by atoms with E-state index in [9.17, 15) is 9.59 Å². The van der Waals surface area contributed by atoms with Crippen molar-refractivity contribution in [1.29, 1.82) is 0 Å². The van der Waals surface area contributed by atoms with E-state index in [1.54, 1.807) is 7.11 Å². The molecule has 0 aromatic carbocycles. The van der Waals surface area contributed by atoms with Crippen LogP contribution in [0.1, 0.15) is 51.4 Å². The molecule has 0 aromatic rings. The predicted octanol–water partition coefficient (Wildman–Crippen LogP) is 2.47. The molecule has 0 N–H and O–H groups in total. The molecule has 0 bridgehead atoms. The second kappa shape index (κ2) is 13.3. The Labute approximate surface area is 115 Å². The molecule has 0 spiro atoms. The van der Waals surface area contributed by atoms with E-state index in [1.807, 2.05) is 0 Å². The lowest BCUT2D eigenvalue weighted by Gasteiger charge is -2.04. The summed E-state index contributed by atoms with van der Waals surface area (Å²) in [6, 6.07) is 0. The summed E-state index contributed by atoms with van der Waals surface area (Å²) < 4.78 is 14.6. The highest BCUT2D eigenvalue weighted by molar-refractivity contribution is 5.69. The minimum atomic E-state index is -0.187. The summed E-state index contributed by atoms with van der Waals surface area (Å²) in [5.41, 5.74) is 0. The molecule has 0 heterocycles. The Kier molecular flexibility index (Phi) is 12.6. The van der Waals surface area contributed by atoms with Crippen molar-refractivity contribution in [1.82, 2.24) is 0 Å². The van der Waals surface area contributed by atoms with Crippen LogP contribution in [0, 0.1) is 0 Å². The van der Waals surface area contributed by atoms with Gasteiger partial charge in [0.2, 0.25) is 0 Å². The first-order valence-corrected chi connectivity index (χ1v) is 6.92. The quantitative estimate of drug-likeness (QED) is 0.404. The van der Waals surface area contributed by atoms with Crippen LogP contribution >= 0.6 is 0 Å². The fourth-order valence-electron chi connectivity index (χ4n) is 1.60. The van der Waals surface area contributed by atoms with Crippen LogP contribution in [0.3, 0.4) is 0 Å². The third-order valence-electron chi connectivity index (χ3n) is 2.75. The van der Waals surface area contributed by atoms with E-state index in [4.69, 9.17) is 9.47 Å². The molecular weight excluding hydrogens is 248 g/mol. The lowest BCUT2D eigenvalue weighted by Crippen LogP contribution is -2.06. The summed E-state index contributed by atoms with van der Waals surface area (Å²) in [5, 5.41) is 0. The average molecular weight is 274 g/mol. The number of esters is 2. The summed E-state index contributed by atoms with van der Waals surface area (Å²) in [5.74, 6) is -0.321. The van der Waals surface area contributed by atoms with E-state index < -0.39 is 0 Å². The first-order valence-electron chi connectivity index (χ1n) is 6.92. The van der Waals surface area contributed by atoms with E-state index in [-0.39, 0.29) is 11.9 Å². The van der Waals surface area contributed by atoms with Gasteiger partial charge in [-0.3, -0.25) is 9.59 Å². The number of carbonyl (C=O) groups is 2. The second-order valence-electron chi connectivity index (χ2n) is 4.41. The molecule has 0 aliphatic heterocycles. The molecule has 0 unspecified atom stereocenters. The van der Waals surface area contributed by atoms with E-state index in [0.29, 0.717) is 19.4 Å². The zero-order chi connectivity index (χ0) is 14.3. The Morgan fingerprint density at radius 2 is 1.32 bits per heavy atom. The van der Waals surface area contributed by atoms with Gasteiger partial charge in [0, 0.05) is 26.6 Å². The van der Waals surface area contributed by atoms with Gasteiger partial charge in [0.05, 0.1) is 13.7 Å². The van der Waals surface area contributed by atoms with Gasteiger partial charge in [-0.05, 0) is 32.1 Å². The Morgan fingerprint density at radius 1 is 0.737 bits per heavy atom. The molecule has 0 aliphatic rings. The molecule has 112 valence electrons. The number of hydrogen-bond acceptors (Lipinski definition) is 5. The molecule has 0 atom stereocenters. The molecule has 0 saturated heterocycles. The first-order chi connectivity index (χ1) is 9.20. The molecular formula is C14H26O5. The van der Waals surface area contributed by atoms with Crippen LogP contribution in [-0.2, 0) is 23.8 Å². The summed E-state index contributed by atoms with van der Waals surface area (Å²) in [7, 11) is 3.06. The minimum absolute atomic E-state index is 0.134. The molecule has 5 heteroatoms. The molecule has 0 aromatic heterocycles. The van der Waals surface area contributed by atoms with Crippen LogP contribution in [0.2, 0.25) is 0 Å². The number of carbonyl (C=O) groups excluding carboxylic acids is 2. The standard InChI is InChI=1S/C14H26O5/c1-17-11-7-3-6-10-14(16)19-12-8-4-5-9-13(15)18-2/h3-12H2,1-2H3. The number of hydrogen-bond donors (Lipinski definition) is 0. The Morgan fingerprint density at radius 3 is 1.89 bits per heavy atom. The number of ether oxygens (including phenoxy) is 3. The van der Waals surface area contributed by atoms with Gasteiger partial charge in [-0.1, -0.05) is 6.42 Å². The van der Waals surface area contributed by atoms with E-state index in [1.165, 1.54) is 7.11 Å². The summed E-state index contributed by atoms with van der Waals surface area (Å²) >= 11 is 0. The highest BCUT2D eigenvalue weighted by atomic mass is 16.5. The first kappa shape index (κ1) is 17.9. The Balaban J connectivity index is 3.22. The molecule has 0 fully saturated rings. The van der Waals surface area contributed by atoms with Gasteiger partial charge >= 0.3 is 11.9 Å². The van der Waals surface area contributed by atoms with Crippen LogP contribution in [0.25, 0.3) is 0 Å². The summed E-state index contributed by atoms with van der Waals surface area (Å²) in [6.07, 6.45) is 6.18. The van der Waals surface area contributed by atoms with Gasteiger partial charge in [-0.2, -0.15) is 0 Å². The van der Waals surface area contributed by atoms with Crippen molar-refractivity contribution in [2.45, 2.75) is 51.4 Å². The summed E-state index contributed by atoms with van der Waals surface area (Å²) in [6.45, 7) is 1.19. The van der Waals surface area contributed by atoms with Gasteiger partial charge in [0.25, 0.3) is 0 Å². The fourth-order valence-corrected chi connectivity index (χ4v) is 1.60. The predicted molar refractivity (Wildman–Crippen MR) is 71.8 cm³/mol. The van der Waals surface area contributed by atoms with Crippen LogP contribution in [-0.4, -0.2) is 39.4 Å². The number of rotatable bonds is 12. The summed E-state index contributed by atoms with van der Waals surface area (Å²) in [4.78, 5) is 22.2. The zero-order valence-corrected chi connectivity index (χ0v) is 12.1. The maximum Gasteiger partial charge on any atom is 0.305 e. The van der Waals surface area contributed by atoms with Crippen molar-refractivity contribution in [2.24, 2.45) is 0 Å². The third-order valence-corrected chi connectivity index (χ3v) is 2.75. The van der Waals surface area contributed by atoms with Crippen LogP contribution < -0.4 is 0 Å². The van der Waals surface area contributed by atoms with Gasteiger partial charge in [0.1, 0.15) is 0 Å². The second-order valence-corrected chi connectivity index (χ2v) is 4.41. The topological polar surface area (TPSA) is 61.8 Å². The van der Waals surface area contributed by atoms with Gasteiger partial charge < -0.3 is 14.2 Å². The highest BCUT2D eigenvalue weighted by Crippen LogP contribution is 2.04. The molecule has 0 radical (unpaired) electrons. The van der Waals surface area contributed by atoms with Crippen molar-refractivity contribution in [3.8, 4) is 0 Å². The minimum Gasteiger partial charge on any atom is -0.469 e. The molecule has 0 saturated carbocycles. The third kappa shape index (κ3) is 13.1. The van der Waals surface area contributed by atoms with E-state index in [0.717, 1.165) is 45.1 Å². The zero-order valence-electron chi connectivity index (χ0n) is 12.1. The number of methoxy groups -OCH3 is 2. The van der Waals surface area contributed by atoms with Crippen LogP contribution in [0.5, 0.6) is 0 Å². The average Bonchev–Trinajstić information content (AvgIpc) is 2.42. The maximum absolute atomic E-state index is 11.3. The van der Waals surface area contributed by atoms with Crippen molar-refractivity contribution >= 4 is 11.9 Å². The van der Waals surface area contributed by atoms with Crippen molar-refractivity contribution in [2.75, 3.05) is 27.4 Å². The van der Waals surface area contributed by atoms with Gasteiger partial charge in [-0.15, -0.1) is 0 Å². The molecule has 0 amide bonds. The van der Waals surface area contributed by atoms with Crippen molar-refractivity contribution in [3.63, 3.8) is 0 Å². The SMILES string of the molecule is COCCCCCC(=O)OCCCCCC(=O)OC. The molecule has 5 nitrogen and oxygen atoms in total. The Hall–Kier alpha value is -1.10. The molecule has 19 heavy (non-hydrogen) atoms. The van der Waals surface area contributed by atoms with E-state index >= 15 is 0 Å². The largest absolute Gasteiger partial charge is 0.469 e. The fraction of sp³-hybridized carbons (Fsp3) is 0.857. The van der Waals surface area contributed by atoms with Crippen LogP contribution in [0.15, 0.2) is 0 Å². The smallest absolute Gasteiger partial charge is 0.305 e. The molecule has 0 aliphatic carbocycles. The maximum atomic E-state index is 11.3.